The molecule has 0 aromatic heterocycles. The van der Waals surface area contributed by atoms with Crippen molar-refractivity contribution in [3.05, 3.63) is 55.1 Å². The molecule has 5 rings (SSSR count). The lowest BCUT2D eigenvalue weighted by atomic mass is 9.62. The van der Waals surface area contributed by atoms with Crippen molar-refractivity contribution in [2.75, 3.05) is 18.1 Å². The Morgan fingerprint density at radius 3 is 2.54 bits per heavy atom. The largest absolute Gasteiger partial charge is 0.481 e. The van der Waals surface area contributed by atoms with Crippen molar-refractivity contribution in [1.29, 1.82) is 0 Å². The summed E-state index contributed by atoms with van der Waals surface area (Å²) < 4.78 is 6.63. The van der Waals surface area contributed by atoms with E-state index in [-0.39, 0.29) is 30.9 Å². The molecule has 2 bridgehead atoms. The second-order valence-electron chi connectivity index (χ2n) is 12.0. The van der Waals surface area contributed by atoms with Crippen LogP contribution in [-0.2, 0) is 19.1 Å². The first kappa shape index (κ1) is 27.3. The number of carboxylic acids is 1. The molecule has 2 N–H and O–H groups in total. The first-order chi connectivity index (χ1) is 18.5. The molecule has 0 saturated carbocycles. The van der Waals surface area contributed by atoms with Gasteiger partial charge >= 0.3 is 5.97 Å². The van der Waals surface area contributed by atoms with Crippen LogP contribution in [0.15, 0.2) is 55.1 Å². The van der Waals surface area contributed by atoms with E-state index >= 15 is 0 Å². The lowest BCUT2D eigenvalue weighted by Gasteiger charge is -2.40. The quantitative estimate of drug-likeness (QED) is 0.473. The van der Waals surface area contributed by atoms with Crippen LogP contribution in [0.1, 0.15) is 40.5 Å². The highest BCUT2D eigenvalue weighted by molar-refractivity contribution is 6.05. The Bertz CT molecular complexity index is 1330. The molecule has 208 valence electrons. The Morgan fingerprint density at radius 1 is 1.23 bits per heavy atom. The van der Waals surface area contributed by atoms with E-state index in [9.17, 15) is 24.6 Å². The van der Waals surface area contributed by atoms with E-state index in [1.807, 2.05) is 63.2 Å². The van der Waals surface area contributed by atoms with Crippen LogP contribution in [0.3, 0.4) is 0 Å². The third-order valence-electron chi connectivity index (χ3n) is 9.22. The number of aliphatic hydroxyl groups is 1. The fraction of sp³-hybridized carbons (Fsp3) is 0.516. The highest BCUT2D eigenvalue weighted by Gasteiger charge is 2.80. The van der Waals surface area contributed by atoms with Crippen molar-refractivity contribution in [2.45, 2.75) is 63.8 Å². The van der Waals surface area contributed by atoms with Crippen LogP contribution in [0, 0.1) is 23.7 Å². The normalized spacial score (nSPS) is 32.1. The van der Waals surface area contributed by atoms with E-state index in [0.717, 1.165) is 10.8 Å². The minimum Gasteiger partial charge on any atom is -0.481 e. The zero-order chi connectivity index (χ0) is 28.3. The number of carboxylic acid groups (broad SMARTS) is 1. The van der Waals surface area contributed by atoms with Gasteiger partial charge < -0.3 is 24.7 Å². The molecular formula is C31H38N2O6. The molecule has 2 amide bonds. The Kier molecular flexibility index (Phi) is 6.84. The highest BCUT2D eigenvalue weighted by Crippen LogP contribution is 2.65. The average molecular weight is 535 g/mol. The fourth-order valence-corrected chi connectivity index (χ4v) is 7.49. The number of ether oxygens (including phenoxy) is 1. The summed E-state index contributed by atoms with van der Waals surface area (Å²) in [6.45, 7) is 11.4. The van der Waals surface area contributed by atoms with E-state index in [1.54, 1.807) is 17.9 Å². The highest BCUT2D eigenvalue weighted by atomic mass is 16.5. The maximum absolute atomic E-state index is 14.7. The summed E-state index contributed by atoms with van der Waals surface area (Å²) in [6, 6.07) is 11.9. The number of fused-ring (bicyclic) bond motifs is 2. The summed E-state index contributed by atoms with van der Waals surface area (Å²) in [6.07, 6.45) is 2.49. The van der Waals surface area contributed by atoms with Crippen molar-refractivity contribution in [3.63, 3.8) is 0 Å². The van der Waals surface area contributed by atoms with Crippen molar-refractivity contribution in [2.24, 2.45) is 23.7 Å². The van der Waals surface area contributed by atoms with Gasteiger partial charge in [0.1, 0.15) is 17.6 Å². The lowest BCUT2D eigenvalue weighted by Crippen LogP contribution is -2.59. The minimum atomic E-state index is -1.30. The van der Waals surface area contributed by atoms with Crippen LogP contribution in [0.25, 0.3) is 10.8 Å². The fourth-order valence-electron chi connectivity index (χ4n) is 7.49. The van der Waals surface area contributed by atoms with Crippen molar-refractivity contribution < 1.29 is 29.3 Å². The summed E-state index contributed by atoms with van der Waals surface area (Å²) in [5, 5.41) is 22.7. The van der Waals surface area contributed by atoms with Gasteiger partial charge in [0.15, 0.2) is 0 Å². The summed E-state index contributed by atoms with van der Waals surface area (Å²) in [4.78, 5) is 44.6. The van der Waals surface area contributed by atoms with E-state index in [4.69, 9.17) is 4.74 Å². The van der Waals surface area contributed by atoms with Gasteiger partial charge in [-0.15, -0.1) is 6.58 Å². The molecule has 3 heterocycles. The van der Waals surface area contributed by atoms with Gasteiger partial charge in [0, 0.05) is 12.2 Å². The van der Waals surface area contributed by atoms with Crippen molar-refractivity contribution >= 4 is 34.2 Å². The first-order valence-electron chi connectivity index (χ1n) is 13.8. The molecule has 3 fully saturated rings. The van der Waals surface area contributed by atoms with E-state index < -0.39 is 47.0 Å². The number of hydrogen-bond acceptors (Lipinski definition) is 5. The molecular weight excluding hydrogens is 496 g/mol. The van der Waals surface area contributed by atoms with Gasteiger partial charge in [-0.05, 0) is 54.5 Å². The molecule has 2 aromatic carbocycles. The second kappa shape index (κ2) is 9.75. The predicted molar refractivity (Wildman–Crippen MR) is 148 cm³/mol. The molecule has 0 radical (unpaired) electrons. The van der Waals surface area contributed by atoms with Crippen LogP contribution < -0.4 is 4.90 Å². The summed E-state index contributed by atoms with van der Waals surface area (Å²) in [7, 11) is 0. The number of hydrogen-bond donors (Lipinski definition) is 2. The molecule has 39 heavy (non-hydrogen) atoms. The summed E-state index contributed by atoms with van der Waals surface area (Å²) in [5.41, 5.74) is -1.72. The Labute approximate surface area is 229 Å². The minimum absolute atomic E-state index is 0.136. The summed E-state index contributed by atoms with van der Waals surface area (Å²) in [5.74, 6) is -4.01. The SMILES string of the molecule is C=CCN(C(=O)C1N([C@@H](CO)CC(C)C)C(=O)[C@@H]2[C@H](C(=O)O)[C@@]3(C)OC12CC3C)c1ccc2ccccc2c1. The van der Waals surface area contributed by atoms with Gasteiger partial charge in [0.25, 0.3) is 5.91 Å². The van der Waals surface area contributed by atoms with Gasteiger partial charge in [-0.1, -0.05) is 57.2 Å². The van der Waals surface area contributed by atoms with Gasteiger partial charge in [0.05, 0.1) is 24.2 Å². The number of aliphatic hydroxyl groups excluding tert-OH is 1. The zero-order valence-corrected chi connectivity index (χ0v) is 23.0. The smallest absolute Gasteiger partial charge is 0.310 e. The topological polar surface area (TPSA) is 107 Å². The zero-order valence-electron chi connectivity index (χ0n) is 23.0. The Hall–Kier alpha value is -3.23. The number of anilines is 1. The van der Waals surface area contributed by atoms with Crippen LogP contribution in [0.2, 0.25) is 0 Å². The molecule has 3 saturated heterocycles. The molecule has 0 aliphatic carbocycles. The molecule has 8 heteroatoms. The van der Waals surface area contributed by atoms with Crippen LogP contribution in [0.5, 0.6) is 0 Å². The third-order valence-corrected chi connectivity index (χ3v) is 9.22. The molecule has 3 unspecified atom stereocenters. The Morgan fingerprint density at radius 2 is 1.92 bits per heavy atom. The maximum Gasteiger partial charge on any atom is 0.310 e. The van der Waals surface area contributed by atoms with Gasteiger partial charge in [-0.25, -0.2) is 0 Å². The van der Waals surface area contributed by atoms with E-state index in [1.165, 1.54) is 4.90 Å². The third kappa shape index (κ3) is 3.99. The van der Waals surface area contributed by atoms with Gasteiger partial charge in [0.2, 0.25) is 5.91 Å². The number of benzene rings is 2. The maximum atomic E-state index is 14.7. The number of rotatable bonds is 9. The van der Waals surface area contributed by atoms with Crippen LogP contribution in [0.4, 0.5) is 5.69 Å². The van der Waals surface area contributed by atoms with Crippen molar-refractivity contribution in [3.8, 4) is 0 Å². The van der Waals surface area contributed by atoms with Crippen LogP contribution >= 0.6 is 0 Å². The van der Waals surface area contributed by atoms with E-state index in [0.29, 0.717) is 18.5 Å². The number of carbonyl (C=O) groups is 3. The molecule has 7 atom stereocenters. The lowest BCUT2D eigenvalue weighted by molar-refractivity contribution is -0.157. The van der Waals surface area contributed by atoms with Gasteiger partial charge in [-0.3, -0.25) is 14.4 Å². The second-order valence-corrected chi connectivity index (χ2v) is 12.0. The monoisotopic (exact) mass is 534 g/mol. The molecule has 8 nitrogen and oxygen atoms in total. The number of likely N-dealkylation sites (tertiary alicyclic amines) is 1. The molecule has 2 aromatic rings. The Balaban J connectivity index is 1.66. The number of amides is 2. The van der Waals surface area contributed by atoms with Gasteiger partial charge in [-0.2, -0.15) is 0 Å². The first-order valence-corrected chi connectivity index (χ1v) is 13.8. The number of aliphatic carboxylic acids is 1. The standard InChI is InChI=1S/C31H38N2O6/c1-6-13-32(22-12-11-20-9-7-8-10-21(20)15-22)28(36)26-31-16-19(4)30(5,39-31)25(29(37)38)24(31)27(35)33(26)23(17-34)14-18(2)3/h6-12,15,18-19,23-26,34H,1,13-14,16-17H2,2-5H3,(H,37,38)/t19?,23-,24+,25-,26?,30+,31?/m1/s1. The number of nitrogens with zero attached hydrogens (tertiary/aromatic N) is 2. The van der Waals surface area contributed by atoms with E-state index in [2.05, 4.69) is 6.58 Å². The molecule has 1 spiro atoms. The average Bonchev–Trinajstić information content (AvgIpc) is 3.41. The summed E-state index contributed by atoms with van der Waals surface area (Å²) >= 11 is 0. The number of carbonyl (C=O) groups excluding carboxylic acids is 2. The molecule has 3 aliphatic heterocycles. The predicted octanol–water partition coefficient (Wildman–Crippen LogP) is 3.86. The molecule has 3 aliphatic rings. The van der Waals surface area contributed by atoms with Crippen molar-refractivity contribution in [1.82, 2.24) is 4.90 Å². The van der Waals surface area contributed by atoms with Crippen LogP contribution in [-0.4, -0.2) is 69.3 Å².